The largest absolute Gasteiger partial charge is 0.374 e. The quantitative estimate of drug-likeness (QED) is 0.150. The van der Waals surface area contributed by atoms with Crippen molar-refractivity contribution < 1.29 is 13.7 Å². The van der Waals surface area contributed by atoms with E-state index < -0.39 is 17.0 Å². The van der Waals surface area contributed by atoms with Crippen molar-refractivity contribution >= 4 is 10.8 Å². The van der Waals surface area contributed by atoms with E-state index in [0.29, 0.717) is 30.7 Å². The topological polar surface area (TPSA) is 65.0 Å². The van der Waals surface area contributed by atoms with Crippen molar-refractivity contribution in [3.05, 3.63) is 4.91 Å². The summed E-state index contributed by atoms with van der Waals surface area (Å²) in [7, 11) is -0.702. The molecule has 2 saturated heterocycles. The third kappa shape index (κ3) is 8.79. The lowest BCUT2D eigenvalue weighted by Gasteiger charge is -2.30. The Morgan fingerprint density at radius 2 is 1.66 bits per heavy atom. The summed E-state index contributed by atoms with van der Waals surface area (Å²) in [5, 5.41) is 3.24. The number of nitroso groups, excluding NO2 is 1. The first-order valence-corrected chi connectivity index (χ1v) is 14.9. The van der Waals surface area contributed by atoms with Crippen LogP contribution in [0, 0.1) is 22.2 Å². The standard InChI is InChI=1S/C26H49NO4S/c1-5-7-8-9-13-19-32(29)20-22-21(23-15-16-24(22)31-23)14-11-10-12-17-26(3,4)25(27-28)30-18-6-2/h21-25H,5-20H2,1-4H3/t21-,22+,23-,24+,25?,32?/m1/s1. The van der Waals surface area contributed by atoms with Crippen LogP contribution in [0.25, 0.3) is 0 Å². The Labute approximate surface area is 199 Å². The fourth-order valence-electron chi connectivity index (χ4n) is 5.56. The molecule has 32 heavy (non-hydrogen) atoms. The maximum Gasteiger partial charge on any atom is 0.194 e. The van der Waals surface area contributed by atoms with Crippen molar-refractivity contribution in [1.29, 1.82) is 0 Å². The second-order valence-corrected chi connectivity index (χ2v) is 12.4. The molecule has 2 heterocycles. The van der Waals surface area contributed by atoms with Gasteiger partial charge in [-0.2, -0.15) is 0 Å². The molecule has 0 N–H and O–H groups in total. The Bertz CT molecular complexity index is 556. The molecule has 0 saturated carbocycles. The van der Waals surface area contributed by atoms with Crippen LogP contribution in [-0.4, -0.2) is 40.8 Å². The van der Waals surface area contributed by atoms with Crippen molar-refractivity contribution in [2.45, 2.75) is 130 Å². The predicted molar refractivity (Wildman–Crippen MR) is 134 cm³/mol. The summed E-state index contributed by atoms with van der Waals surface area (Å²) in [4.78, 5) is 11.2. The van der Waals surface area contributed by atoms with E-state index in [2.05, 4.69) is 25.9 Å². The number of fused-ring (bicyclic) bond motifs is 2. The third-order valence-electron chi connectivity index (χ3n) is 7.55. The minimum atomic E-state index is -0.702. The van der Waals surface area contributed by atoms with Crippen LogP contribution in [0.4, 0.5) is 0 Å². The fourth-order valence-corrected chi connectivity index (χ4v) is 7.14. The molecule has 2 unspecified atom stereocenters. The van der Waals surface area contributed by atoms with Crippen molar-refractivity contribution in [1.82, 2.24) is 0 Å². The molecule has 0 aliphatic carbocycles. The summed E-state index contributed by atoms with van der Waals surface area (Å²) < 4.78 is 24.6. The van der Waals surface area contributed by atoms with Crippen molar-refractivity contribution in [2.24, 2.45) is 22.4 Å². The van der Waals surface area contributed by atoms with Gasteiger partial charge in [-0.1, -0.05) is 72.6 Å². The van der Waals surface area contributed by atoms with Gasteiger partial charge in [-0.3, -0.25) is 4.21 Å². The lowest BCUT2D eigenvalue weighted by molar-refractivity contribution is -0.0251. The summed E-state index contributed by atoms with van der Waals surface area (Å²) in [5.74, 6) is 2.79. The molecule has 2 aliphatic rings. The van der Waals surface area contributed by atoms with Gasteiger partial charge in [-0.15, -0.1) is 4.91 Å². The Morgan fingerprint density at radius 1 is 0.969 bits per heavy atom. The van der Waals surface area contributed by atoms with Crippen molar-refractivity contribution in [3.8, 4) is 0 Å². The van der Waals surface area contributed by atoms with Crippen molar-refractivity contribution in [2.75, 3.05) is 18.1 Å². The summed E-state index contributed by atoms with van der Waals surface area (Å²) >= 11 is 0. The molecule has 2 aliphatic heterocycles. The molecule has 2 rings (SSSR count). The van der Waals surface area contributed by atoms with Crippen LogP contribution >= 0.6 is 0 Å². The summed E-state index contributed by atoms with van der Waals surface area (Å²) in [5.41, 5.74) is -0.219. The molecule has 5 nitrogen and oxygen atoms in total. The van der Waals surface area contributed by atoms with Crippen LogP contribution in [-0.2, 0) is 20.3 Å². The third-order valence-corrected chi connectivity index (χ3v) is 9.05. The lowest BCUT2D eigenvalue weighted by atomic mass is 9.77. The van der Waals surface area contributed by atoms with E-state index >= 15 is 0 Å². The van der Waals surface area contributed by atoms with Gasteiger partial charge in [0.25, 0.3) is 0 Å². The summed E-state index contributed by atoms with van der Waals surface area (Å²) in [6, 6.07) is 0. The zero-order valence-electron chi connectivity index (χ0n) is 21.2. The zero-order chi connectivity index (χ0) is 23.4. The van der Waals surface area contributed by atoms with Crippen LogP contribution in [0.15, 0.2) is 5.18 Å². The van der Waals surface area contributed by atoms with Crippen molar-refractivity contribution in [3.63, 3.8) is 0 Å². The number of hydrogen-bond acceptors (Lipinski definition) is 5. The van der Waals surface area contributed by atoms with E-state index in [1.807, 2.05) is 6.92 Å². The highest BCUT2D eigenvalue weighted by Gasteiger charge is 2.48. The number of unbranched alkanes of at least 4 members (excludes halogenated alkanes) is 6. The molecule has 6 heteroatoms. The maximum atomic E-state index is 12.7. The normalized spacial score (nSPS) is 27.0. The second kappa shape index (κ2) is 14.8. The van der Waals surface area contributed by atoms with E-state index in [-0.39, 0.29) is 5.41 Å². The first kappa shape index (κ1) is 27.9. The van der Waals surface area contributed by atoms with Gasteiger partial charge < -0.3 is 9.47 Å². The van der Waals surface area contributed by atoms with Gasteiger partial charge in [-0.25, -0.2) is 0 Å². The van der Waals surface area contributed by atoms with Crippen LogP contribution in [0.5, 0.6) is 0 Å². The highest BCUT2D eigenvalue weighted by Crippen LogP contribution is 2.46. The molecule has 188 valence electrons. The Morgan fingerprint density at radius 3 is 2.34 bits per heavy atom. The monoisotopic (exact) mass is 471 g/mol. The molecule has 6 atom stereocenters. The molecule has 0 aromatic rings. The molecule has 0 amide bonds. The van der Waals surface area contributed by atoms with Gasteiger partial charge in [-0.05, 0) is 49.6 Å². The van der Waals surface area contributed by atoms with Gasteiger partial charge in [0.1, 0.15) is 0 Å². The molecule has 2 bridgehead atoms. The maximum absolute atomic E-state index is 12.7. The number of rotatable bonds is 19. The first-order valence-electron chi connectivity index (χ1n) is 13.4. The molecule has 2 fully saturated rings. The molecule has 0 radical (unpaired) electrons. The van der Waals surface area contributed by atoms with E-state index in [1.54, 1.807) is 0 Å². The summed E-state index contributed by atoms with van der Waals surface area (Å²) in [6.45, 7) is 9.05. The predicted octanol–water partition coefficient (Wildman–Crippen LogP) is 6.99. The minimum Gasteiger partial charge on any atom is -0.374 e. The summed E-state index contributed by atoms with van der Waals surface area (Å²) in [6.07, 6.45) is 15.1. The average Bonchev–Trinajstić information content (AvgIpc) is 3.36. The Balaban J connectivity index is 1.69. The Kier molecular flexibility index (Phi) is 12.9. The van der Waals surface area contributed by atoms with Crippen LogP contribution in [0.1, 0.15) is 111 Å². The van der Waals surface area contributed by atoms with Gasteiger partial charge in [0.05, 0.1) is 12.2 Å². The first-order chi connectivity index (χ1) is 15.4. The second-order valence-electron chi connectivity index (χ2n) is 10.8. The molecule has 0 aromatic carbocycles. The minimum absolute atomic E-state index is 0.219. The van der Waals surface area contributed by atoms with Crippen LogP contribution in [0.3, 0.4) is 0 Å². The smallest absolute Gasteiger partial charge is 0.194 e. The lowest BCUT2D eigenvalue weighted by Crippen LogP contribution is -2.32. The van der Waals surface area contributed by atoms with Gasteiger partial charge in [0.2, 0.25) is 0 Å². The molecule has 0 spiro atoms. The van der Waals surface area contributed by atoms with Gasteiger partial charge >= 0.3 is 0 Å². The zero-order valence-corrected chi connectivity index (χ0v) is 22.0. The van der Waals surface area contributed by atoms with E-state index in [9.17, 15) is 9.12 Å². The molecule has 0 aromatic heterocycles. The number of ether oxygens (including phenoxy) is 2. The van der Waals surface area contributed by atoms with E-state index in [1.165, 1.54) is 44.9 Å². The average molecular weight is 472 g/mol. The number of nitrogens with zero attached hydrogens (tertiary/aromatic N) is 1. The van der Waals surface area contributed by atoms with E-state index in [4.69, 9.17) is 9.47 Å². The van der Waals surface area contributed by atoms with Gasteiger partial charge in [0.15, 0.2) is 6.23 Å². The molecular weight excluding hydrogens is 422 g/mol. The van der Waals surface area contributed by atoms with Crippen LogP contribution < -0.4 is 0 Å². The SMILES string of the molecule is CCCCCCCS(=O)C[C@H]1[C@@H](CCCCCC(C)(C)C(N=O)OCCC)[C@H]2CC[C@@H]1O2. The van der Waals surface area contributed by atoms with Crippen LogP contribution in [0.2, 0.25) is 0 Å². The molecular formula is C26H49NO4S. The fraction of sp³-hybridized carbons (Fsp3) is 1.00. The van der Waals surface area contributed by atoms with Gasteiger partial charge in [0, 0.05) is 40.2 Å². The highest BCUT2D eigenvalue weighted by molar-refractivity contribution is 7.84. The van der Waals surface area contributed by atoms with E-state index in [0.717, 1.165) is 50.0 Å². The Hall–Kier alpha value is -0.330. The highest BCUT2D eigenvalue weighted by atomic mass is 32.2. The number of hydrogen-bond donors (Lipinski definition) is 0.